The van der Waals surface area contributed by atoms with Gasteiger partial charge in [0.15, 0.2) is 0 Å². The van der Waals surface area contributed by atoms with Crippen molar-refractivity contribution in [2.24, 2.45) is 0 Å². The van der Waals surface area contributed by atoms with Gasteiger partial charge in [-0.2, -0.15) is 0 Å². The number of pyridine rings is 1. The number of rotatable bonds is 2. The monoisotopic (exact) mass is 217 g/mol. The minimum absolute atomic E-state index is 0.00628. The number of carbonyl (C=O) groups excluding carboxylic acids is 1. The summed E-state index contributed by atoms with van der Waals surface area (Å²) in [5.74, 6) is -0.278. The van der Waals surface area contributed by atoms with Crippen LogP contribution in [0.15, 0.2) is 30.3 Å². The molecule has 0 spiro atoms. The topological polar surface area (TPSA) is 59.4 Å². The molecule has 0 fully saturated rings. The molecule has 4 heteroatoms. The Labute approximate surface area is 92.5 Å². The molecular formula is C12H11NO3. The van der Waals surface area contributed by atoms with E-state index < -0.39 is 0 Å². The minimum atomic E-state index is -0.272. The third kappa shape index (κ3) is 2.11. The van der Waals surface area contributed by atoms with Crippen molar-refractivity contribution in [1.29, 1.82) is 0 Å². The van der Waals surface area contributed by atoms with E-state index in [1.165, 1.54) is 13.2 Å². The molecule has 0 aliphatic carbocycles. The highest BCUT2D eigenvalue weighted by Crippen LogP contribution is 2.17. The lowest BCUT2D eigenvalue weighted by atomic mass is 10.1. The van der Waals surface area contributed by atoms with Crippen LogP contribution in [0.2, 0.25) is 0 Å². The SMILES string of the molecule is COC(=O)Cc1ccc2nc(O)ccc2c1. The maximum absolute atomic E-state index is 11.1. The summed E-state index contributed by atoms with van der Waals surface area (Å²) >= 11 is 0. The molecule has 0 saturated heterocycles. The second-order valence-electron chi connectivity index (χ2n) is 3.45. The third-order valence-corrected chi connectivity index (χ3v) is 2.32. The number of aromatic hydroxyl groups is 1. The van der Waals surface area contributed by atoms with Gasteiger partial charge in [-0.25, -0.2) is 4.98 Å². The predicted molar refractivity (Wildman–Crippen MR) is 59.1 cm³/mol. The van der Waals surface area contributed by atoms with E-state index in [0.717, 1.165) is 10.9 Å². The zero-order valence-electron chi connectivity index (χ0n) is 8.80. The van der Waals surface area contributed by atoms with Gasteiger partial charge in [-0.3, -0.25) is 4.79 Å². The summed E-state index contributed by atoms with van der Waals surface area (Å²) in [6.07, 6.45) is 0.243. The van der Waals surface area contributed by atoms with Gasteiger partial charge in [0.25, 0.3) is 0 Å². The highest BCUT2D eigenvalue weighted by Gasteiger charge is 2.04. The van der Waals surface area contributed by atoms with Crippen molar-refractivity contribution in [3.05, 3.63) is 35.9 Å². The van der Waals surface area contributed by atoms with E-state index in [1.807, 2.05) is 6.07 Å². The summed E-state index contributed by atoms with van der Waals surface area (Å²) in [4.78, 5) is 15.0. The molecule has 1 heterocycles. The first kappa shape index (κ1) is 10.4. The fourth-order valence-corrected chi connectivity index (χ4v) is 1.51. The number of nitrogens with zero attached hydrogens (tertiary/aromatic N) is 1. The lowest BCUT2D eigenvalue weighted by Crippen LogP contribution is -2.04. The van der Waals surface area contributed by atoms with Crippen LogP contribution in [0, 0.1) is 0 Å². The minimum Gasteiger partial charge on any atom is -0.493 e. The predicted octanol–water partition coefficient (Wildman–Crippen LogP) is 1.66. The van der Waals surface area contributed by atoms with E-state index in [4.69, 9.17) is 0 Å². The van der Waals surface area contributed by atoms with E-state index in [2.05, 4.69) is 9.72 Å². The van der Waals surface area contributed by atoms with Gasteiger partial charge < -0.3 is 9.84 Å². The number of fused-ring (bicyclic) bond motifs is 1. The highest BCUT2D eigenvalue weighted by atomic mass is 16.5. The Bertz CT molecular complexity index is 537. The molecule has 4 nitrogen and oxygen atoms in total. The van der Waals surface area contributed by atoms with Gasteiger partial charge in [-0.05, 0) is 23.8 Å². The highest BCUT2D eigenvalue weighted by molar-refractivity contribution is 5.81. The molecule has 0 atom stereocenters. The number of aromatic nitrogens is 1. The molecule has 0 unspecified atom stereocenters. The standard InChI is InChI=1S/C12H11NO3/c1-16-12(15)7-8-2-4-10-9(6-8)3-5-11(14)13-10/h2-6H,7H2,1H3,(H,13,14). The fraction of sp³-hybridized carbons (Fsp3) is 0.167. The second kappa shape index (κ2) is 4.18. The van der Waals surface area contributed by atoms with Crippen LogP contribution in [-0.4, -0.2) is 23.2 Å². The Morgan fingerprint density at radius 3 is 2.94 bits per heavy atom. The van der Waals surface area contributed by atoms with Crippen molar-refractivity contribution in [3.63, 3.8) is 0 Å². The van der Waals surface area contributed by atoms with Gasteiger partial charge in [0.1, 0.15) is 0 Å². The smallest absolute Gasteiger partial charge is 0.309 e. The van der Waals surface area contributed by atoms with E-state index in [9.17, 15) is 9.90 Å². The summed E-state index contributed by atoms with van der Waals surface area (Å²) in [7, 11) is 1.36. The molecule has 0 bridgehead atoms. The molecule has 82 valence electrons. The van der Waals surface area contributed by atoms with E-state index >= 15 is 0 Å². The fourth-order valence-electron chi connectivity index (χ4n) is 1.51. The van der Waals surface area contributed by atoms with Crippen LogP contribution in [0.4, 0.5) is 0 Å². The van der Waals surface area contributed by atoms with Crippen molar-refractivity contribution >= 4 is 16.9 Å². The van der Waals surface area contributed by atoms with Crippen LogP contribution in [0.25, 0.3) is 10.9 Å². The van der Waals surface area contributed by atoms with Crippen LogP contribution in [0.5, 0.6) is 5.88 Å². The Hall–Kier alpha value is -2.10. The van der Waals surface area contributed by atoms with Gasteiger partial charge in [0.05, 0.1) is 19.0 Å². The molecule has 2 aromatic rings. The molecule has 0 amide bonds. The average Bonchev–Trinajstić information content (AvgIpc) is 2.29. The normalized spacial score (nSPS) is 10.3. The summed E-state index contributed by atoms with van der Waals surface area (Å²) < 4.78 is 4.59. The third-order valence-electron chi connectivity index (χ3n) is 2.32. The molecule has 0 aliphatic heterocycles. The summed E-state index contributed by atoms with van der Waals surface area (Å²) in [5.41, 5.74) is 1.57. The molecular weight excluding hydrogens is 206 g/mol. The van der Waals surface area contributed by atoms with Crippen LogP contribution < -0.4 is 0 Å². The Kier molecular flexibility index (Phi) is 2.72. The maximum atomic E-state index is 11.1. The summed E-state index contributed by atoms with van der Waals surface area (Å²) in [6, 6.07) is 8.71. The quantitative estimate of drug-likeness (QED) is 0.777. The number of hydrogen-bond donors (Lipinski definition) is 1. The molecule has 2 rings (SSSR count). The molecule has 0 saturated carbocycles. The number of esters is 1. The van der Waals surface area contributed by atoms with E-state index in [-0.39, 0.29) is 18.3 Å². The van der Waals surface area contributed by atoms with Crippen LogP contribution >= 0.6 is 0 Å². The molecule has 16 heavy (non-hydrogen) atoms. The number of methoxy groups -OCH3 is 1. The number of benzene rings is 1. The van der Waals surface area contributed by atoms with E-state index in [0.29, 0.717) is 5.52 Å². The first-order valence-corrected chi connectivity index (χ1v) is 4.84. The molecule has 0 aliphatic rings. The Morgan fingerprint density at radius 2 is 2.19 bits per heavy atom. The van der Waals surface area contributed by atoms with Gasteiger partial charge in [-0.1, -0.05) is 6.07 Å². The average molecular weight is 217 g/mol. The van der Waals surface area contributed by atoms with Crippen molar-refractivity contribution < 1.29 is 14.6 Å². The number of ether oxygens (including phenoxy) is 1. The molecule has 1 N–H and O–H groups in total. The van der Waals surface area contributed by atoms with E-state index in [1.54, 1.807) is 18.2 Å². The maximum Gasteiger partial charge on any atom is 0.309 e. The van der Waals surface area contributed by atoms with Crippen LogP contribution in [0.3, 0.4) is 0 Å². The van der Waals surface area contributed by atoms with Gasteiger partial charge in [-0.15, -0.1) is 0 Å². The second-order valence-corrected chi connectivity index (χ2v) is 3.45. The number of carbonyl (C=O) groups is 1. The first-order valence-electron chi connectivity index (χ1n) is 4.84. The Balaban J connectivity index is 2.37. The Morgan fingerprint density at radius 1 is 1.38 bits per heavy atom. The molecule has 0 radical (unpaired) electrons. The largest absolute Gasteiger partial charge is 0.493 e. The first-order chi connectivity index (χ1) is 7.69. The lowest BCUT2D eigenvalue weighted by Gasteiger charge is -2.02. The van der Waals surface area contributed by atoms with Crippen molar-refractivity contribution in [3.8, 4) is 5.88 Å². The molecule has 1 aromatic carbocycles. The number of hydrogen-bond acceptors (Lipinski definition) is 4. The summed E-state index contributed by atoms with van der Waals surface area (Å²) in [5, 5.41) is 10.1. The summed E-state index contributed by atoms with van der Waals surface area (Å²) in [6.45, 7) is 0. The zero-order chi connectivity index (χ0) is 11.5. The van der Waals surface area contributed by atoms with Crippen molar-refractivity contribution in [2.45, 2.75) is 6.42 Å². The lowest BCUT2D eigenvalue weighted by molar-refractivity contribution is -0.139. The van der Waals surface area contributed by atoms with Crippen LogP contribution in [-0.2, 0) is 16.0 Å². The van der Waals surface area contributed by atoms with Gasteiger partial charge >= 0.3 is 5.97 Å². The van der Waals surface area contributed by atoms with Crippen molar-refractivity contribution in [2.75, 3.05) is 7.11 Å². The molecule has 1 aromatic heterocycles. The van der Waals surface area contributed by atoms with Crippen molar-refractivity contribution in [1.82, 2.24) is 4.98 Å². The zero-order valence-corrected chi connectivity index (χ0v) is 8.80. The van der Waals surface area contributed by atoms with Gasteiger partial charge in [0.2, 0.25) is 5.88 Å². The van der Waals surface area contributed by atoms with Crippen LogP contribution in [0.1, 0.15) is 5.56 Å². The van der Waals surface area contributed by atoms with Gasteiger partial charge in [0, 0.05) is 11.5 Å².